The zero-order chi connectivity index (χ0) is 15.6. The number of carbonyl (C=O) groups excluding carboxylic acids is 1. The lowest BCUT2D eigenvalue weighted by Gasteiger charge is -2.13. The molecule has 0 radical (unpaired) electrons. The van der Waals surface area contributed by atoms with Gasteiger partial charge in [-0.05, 0) is 59.9 Å². The molecular weight excluding hydrogens is 488 g/mol. The number of carbonyl (C=O) groups is 2. The number of pyridine rings is 1. The highest BCUT2D eigenvalue weighted by Gasteiger charge is 2.38. The number of nitrogens with zero attached hydrogens (tertiary/aromatic N) is 1. The largest absolute Gasteiger partial charge is 0.480 e. The van der Waals surface area contributed by atoms with Crippen molar-refractivity contribution in [2.45, 2.75) is 6.50 Å². The maximum atomic E-state index is 12.1. The highest BCUT2D eigenvalue weighted by atomic mass is 80.0. The molecule has 0 fully saturated rings. The maximum absolute atomic E-state index is 12.1. The number of nitrogens with one attached hydrogen (secondary N) is 1. The average Bonchev–Trinajstić information content (AvgIpc) is 2.34. The average molecular weight is 495 g/mol. The van der Waals surface area contributed by atoms with Crippen molar-refractivity contribution in [3.8, 4) is 0 Å². The fourth-order valence-electron chi connectivity index (χ4n) is 1.06. The molecule has 0 spiro atoms. The van der Waals surface area contributed by atoms with Crippen LogP contribution in [0, 0.1) is 0 Å². The molecule has 1 aromatic heterocycles. The van der Waals surface area contributed by atoms with Crippen LogP contribution in [0.15, 0.2) is 23.2 Å². The molecule has 0 aliphatic heterocycles. The summed E-state index contributed by atoms with van der Waals surface area (Å²) < 4.78 is 22.5. The van der Waals surface area contributed by atoms with Crippen LogP contribution in [0.2, 0.25) is 0 Å². The minimum Gasteiger partial charge on any atom is -0.480 e. The second kappa shape index (κ2) is 6.50. The Labute approximate surface area is 139 Å². The summed E-state index contributed by atoms with van der Waals surface area (Å²) in [4.78, 5) is 25.7. The van der Waals surface area contributed by atoms with E-state index in [-0.39, 0.29) is 10.7 Å². The fourth-order valence-corrected chi connectivity index (χ4v) is 3.26. The SMILES string of the molecule is O=C(O)CNC(=O)c1cccc(S(=O)(=O)C(Br)(Br)Br)n1. The summed E-state index contributed by atoms with van der Waals surface area (Å²) >= 11 is 8.63. The predicted octanol–water partition coefficient (Wildman–Crippen LogP) is 1.47. The molecule has 1 rings (SSSR count). The van der Waals surface area contributed by atoms with Gasteiger partial charge in [0.1, 0.15) is 12.2 Å². The standard InChI is InChI=1S/C9H7Br3N2O5S/c10-9(11,12)20(18,19)6-3-1-2-5(14-6)8(17)13-4-7(15)16/h1-3H,4H2,(H,13,17)(H,15,16). The number of alkyl halides is 3. The Hall–Kier alpha value is -0.520. The van der Waals surface area contributed by atoms with Gasteiger partial charge in [-0.3, -0.25) is 9.59 Å². The number of aromatic nitrogens is 1. The van der Waals surface area contributed by atoms with E-state index in [1.165, 1.54) is 18.2 Å². The van der Waals surface area contributed by atoms with Gasteiger partial charge in [-0.1, -0.05) is 6.07 Å². The molecule has 0 unspecified atom stereocenters. The van der Waals surface area contributed by atoms with Gasteiger partial charge >= 0.3 is 5.97 Å². The Morgan fingerprint density at radius 3 is 2.40 bits per heavy atom. The summed E-state index contributed by atoms with van der Waals surface area (Å²) in [6.45, 7) is -0.587. The van der Waals surface area contributed by atoms with Gasteiger partial charge in [0.25, 0.3) is 5.91 Å². The highest BCUT2D eigenvalue weighted by Crippen LogP contribution is 2.42. The molecule has 1 aromatic rings. The van der Waals surface area contributed by atoms with Crippen molar-refractivity contribution in [2.24, 2.45) is 0 Å². The van der Waals surface area contributed by atoms with Crippen LogP contribution < -0.4 is 5.32 Å². The number of amides is 1. The zero-order valence-electron chi connectivity index (χ0n) is 9.51. The van der Waals surface area contributed by atoms with E-state index in [9.17, 15) is 18.0 Å². The van der Waals surface area contributed by atoms with Crippen LogP contribution >= 0.6 is 47.8 Å². The van der Waals surface area contributed by atoms with Crippen molar-refractivity contribution in [1.29, 1.82) is 0 Å². The number of aliphatic carboxylic acids is 1. The van der Waals surface area contributed by atoms with Crippen LogP contribution in [0.4, 0.5) is 0 Å². The van der Waals surface area contributed by atoms with Crippen LogP contribution in [-0.4, -0.2) is 38.4 Å². The lowest BCUT2D eigenvalue weighted by atomic mass is 10.3. The van der Waals surface area contributed by atoms with Gasteiger partial charge in [0, 0.05) is 0 Å². The smallest absolute Gasteiger partial charge is 0.322 e. The minimum atomic E-state index is -3.92. The molecule has 110 valence electrons. The predicted molar refractivity (Wildman–Crippen MR) is 80.9 cm³/mol. The molecule has 0 atom stereocenters. The first-order valence-electron chi connectivity index (χ1n) is 4.84. The van der Waals surface area contributed by atoms with Gasteiger partial charge in [0.15, 0.2) is 5.03 Å². The van der Waals surface area contributed by atoms with Crippen LogP contribution in [-0.2, 0) is 14.6 Å². The summed E-state index contributed by atoms with van der Waals surface area (Å²) in [5, 5.41) is 10.2. The Morgan fingerprint density at radius 1 is 1.30 bits per heavy atom. The van der Waals surface area contributed by atoms with Crippen LogP contribution in [0.5, 0.6) is 0 Å². The molecule has 20 heavy (non-hydrogen) atoms. The van der Waals surface area contributed by atoms with Crippen LogP contribution in [0.3, 0.4) is 0 Å². The van der Waals surface area contributed by atoms with Crippen molar-refractivity contribution < 1.29 is 23.1 Å². The number of hydrogen-bond donors (Lipinski definition) is 2. The fraction of sp³-hybridized carbons (Fsp3) is 0.222. The number of carboxylic acids is 1. The number of hydrogen-bond acceptors (Lipinski definition) is 5. The summed E-state index contributed by atoms with van der Waals surface area (Å²) in [5.74, 6) is -2.00. The van der Waals surface area contributed by atoms with E-state index in [0.717, 1.165) is 0 Å². The Morgan fingerprint density at radius 2 is 1.90 bits per heavy atom. The molecule has 0 aliphatic carbocycles. The lowest BCUT2D eigenvalue weighted by Crippen LogP contribution is -2.30. The van der Waals surface area contributed by atoms with Gasteiger partial charge in [-0.25, -0.2) is 13.4 Å². The first-order valence-corrected chi connectivity index (χ1v) is 8.70. The number of rotatable bonds is 4. The molecule has 2 N–H and O–H groups in total. The van der Waals surface area contributed by atoms with E-state index < -0.39 is 29.7 Å². The summed E-state index contributed by atoms with van der Waals surface area (Å²) in [5.41, 5.74) is -0.205. The van der Waals surface area contributed by atoms with Crippen molar-refractivity contribution in [3.63, 3.8) is 0 Å². The van der Waals surface area contributed by atoms with Crippen molar-refractivity contribution >= 4 is 69.5 Å². The van der Waals surface area contributed by atoms with E-state index in [1.807, 2.05) is 0 Å². The van der Waals surface area contributed by atoms with E-state index in [2.05, 4.69) is 58.1 Å². The van der Waals surface area contributed by atoms with Crippen LogP contribution in [0.1, 0.15) is 10.5 Å². The second-order valence-corrected chi connectivity index (χ2v) is 13.8. The lowest BCUT2D eigenvalue weighted by molar-refractivity contribution is -0.135. The topological polar surface area (TPSA) is 113 Å². The minimum absolute atomic E-state index is 0.205. The molecule has 0 aliphatic rings. The van der Waals surface area contributed by atoms with E-state index in [4.69, 9.17) is 5.11 Å². The number of carboxylic acid groups (broad SMARTS) is 1. The number of sulfone groups is 1. The third-order valence-electron chi connectivity index (χ3n) is 1.94. The van der Waals surface area contributed by atoms with E-state index in [0.29, 0.717) is 0 Å². The Bertz CT molecular complexity index is 641. The zero-order valence-corrected chi connectivity index (χ0v) is 15.1. The molecule has 0 saturated carbocycles. The second-order valence-electron chi connectivity index (χ2n) is 3.39. The Balaban J connectivity index is 3.09. The van der Waals surface area contributed by atoms with Gasteiger partial charge in [0.2, 0.25) is 11.3 Å². The first-order chi connectivity index (χ1) is 9.05. The first kappa shape index (κ1) is 17.5. The molecule has 1 heterocycles. The van der Waals surface area contributed by atoms with Crippen molar-refractivity contribution in [2.75, 3.05) is 6.54 Å². The van der Waals surface area contributed by atoms with Crippen molar-refractivity contribution in [1.82, 2.24) is 10.3 Å². The molecule has 7 nitrogen and oxygen atoms in total. The van der Waals surface area contributed by atoms with Crippen molar-refractivity contribution in [3.05, 3.63) is 23.9 Å². The molecule has 0 bridgehead atoms. The molecule has 0 saturated heterocycles. The molecule has 11 heteroatoms. The summed E-state index contributed by atoms with van der Waals surface area (Å²) in [7, 11) is -3.92. The van der Waals surface area contributed by atoms with E-state index >= 15 is 0 Å². The van der Waals surface area contributed by atoms with Gasteiger partial charge in [-0.2, -0.15) is 0 Å². The third kappa shape index (κ3) is 4.24. The summed E-state index contributed by atoms with van der Waals surface area (Å²) in [6.07, 6.45) is 0. The third-order valence-corrected chi connectivity index (χ3v) is 7.16. The summed E-state index contributed by atoms with van der Waals surface area (Å²) in [6, 6.07) is 3.81. The molecular formula is C9H7Br3N2O5S. The molecule has 1 amide bonds. The quantitative estimate of drug-likeness (QED) is 0.613. The highest BCUT2D eigenvalue weighted by molar-refractivity contribution is 9.42. The van der Waals surface area contributed by atoms with Gasteiger partial charge in [0.05, 0.1) is 0 Å². The van der Waals surface area contributed by atoms with Gasteiger partial charge < -0.3 is 10.4 Å². The van der Waals surface area contributed by atoms with Crippen LogP contribution in [0.25, 0.3) is 0 Å². The number of halogens is 3. The van der Waals surface area contributed by atoms with Gasteiger partial charge in [-0.15, -0.1) is 0 Å². The monoisotopic (exact) mass is 492 g/mol. The maximum Gasteiger partial charge on any atom is 0.322 e. The normalized spacial score (nSPS) is 11.9. The molecule has 0 aromatic carbocycles. The van der Waals surface area contributed by atoms with E-state index in [1.54, 1.807) is 0 Å². The Kier molecular flexibility index (Phi) is 5.70.